The number of carbonyl (C=O) groups is 2. The zero-order chi connectivity index (χ0) is 31.1. The Labute approximate surface area is 255 Å². The van der Waals surface area contributed by atoms with Crippen LogP contribution in [0.1, 0.15) is 58.1 Å². The van der Waals surface area contributed by atoms with Crippen molar-refractivity contribution in [3.05, 3.63) is 84.3 Å². The molecule has 43 heavy (non-hydrogen) atoms. The Morgan fingerprint density at radius 2 is 1.72 bits per heavy atom. The van der Waals surface area contributed by atoms with Gasteiger partial charge in [-0.2, -0.15) is 4.94 Å². The van der Waals surface area contributed by atoms with Gasteiger partial charge in [-0.3, -0.25) is 4.79 Å². The van der Waals surface area contributed by atoms with Gasteiger partial charge in [-0.15, -0.1) is 0 Å². The van der Waals surface area contributed by atoms with Crippen LogP contribution in [0.3, 0.4) is 0 Å². The summed E-state index contributed by atoms with van der Waals surface area (Å²) < 4.78 is 4.75. The molecule has 2 aromatic rings. The van der Waals surface area contributed by atoms with Crippen LogP contribution in [0.5, 0.6) is 0 Å². The number of rotatable bonds is 11. The molecule has 0 radical (unpaired) electrons. The predicted molar refractivity (Wildman–Crippen MR) is 170 cm³/mol. The highest BCUT2D eigenvalue weighted by atomic mass is 16.8. The lowest BCUT2D eigenvalue weighted by atomic mass is 9.91. The summed E-state index contributed by atoms with van der Waals surface area (Å²) in [4.78, 5) is 32.4. The molecule has 0 spiro atoms. The molecule has 230 valence electrons. The molecule has 0 aliphatic carbocycles. The van der Waals surface area contributed by atoms with Gasteiger partial charge < -0.3 is 20.3 Å². The van der Waals surface area contributed by atoms with Crippen LogP contribution < -0.4 is 16.1 Å². The van der Waals surface area contributed by atoms with Gasteiger partial charge in [-0.05, 0) is 53.4 Å². The number of carbonyl (C=O) groups excluding carboxylic acids is 2. The smallest absolute Gasteiger partial charge is 0.407 e. The minimum Gasteiger partial charge on any atom is -0.453 e. The zero-order valence-electron chi connectivity index (χ0n) is 26.1. The summed E-state index contributed by atoms with van der Waals surface area (Å²) in [5.74, 6) is 0.122. The van der Waals surface area contributed by atoms with E-state index in [1.165, 1.54) is 12.7 Å². The average molecular weight is 588 g/mol. The van der Waals surface area contributed by atoms with E-state index in [1.807, 2.05) is 38.2 Å². The van der Waals surface area contributed by atoms with Gasteiger partial charge in [0.15, 0.2) is 0 Å². The van der Waals surface area contributed by atoms with E-state index in [-0.39, 0.29) is 17.9 Å². The third-order valence-electron chi connectivity index (χ3n) is 8.24. The highest BCUT2D eigenvalue weighted by Gasteiger charge is 2.36. The Hall–Kier alpha value is -4.24. The Morgan fingerprint density at radius 3 is 2.28 bits per heavy atom. The molecule has 2 aliphatic heterocycles. The van der Waals surface area contributed by atoms with Gasteiger partial charge in [0, 0.05) is 31.1 Å². The lowest BCUT2D eigenvalue weighted by Gasteiger charge is -2.31. The van der Waals surface area contributed by atoms with Crippen molar-refractivity contribution < 1.29 is 19.3 Å². The fraction of sp³-hybridized carbons (Fsp3) is 0.412. The standard InChI is InChI=1S/C34H45N5O4/c1-8-23(4)29(20-35-24(5)31-10-9-19-39(31)33(40)32(22(2)3)36-34(41)42-7)27-15-11-25(12-16-27)26-13-17-28(18-14-26)30-21-38(6)43-37-30/h11-18,20-23,31-32,35,37H,5,8-10,19H2,1-4,6-7H3,(H,36,41)/b29-20+. The van der Waals surface area contributed by atoms with E-state index in [0.717, 1.165) is 52.9 Å². The summed E-state index contributed by atoms with van der Waals surface area (Å²) in [5.41, 5.74) is 10.2. The van der Waals surface area contributed by atoms with Crippen LogP contribution in [-0.4, -0.2) is 54.7 Å². The van der Waals surface area contributed by atoms with Crippen molar-refractivity contribution in [2.24, 2.45) is 11.8 Å². The lowest BCUT2D eigenvalue weighted by molar-refractivity contribution is -0.134. The number of ether oxygens (including phenoxy) is 1. The quantitative estimate of drug-likeness (QED) is 0.302. The first-order valence-corrected chi connectivity index (χ1v) is 15.0. The van der Waals surface area contributed by atoms with Crippen molar-refractivity contribution in [2.45, 2.75) is 59.0 Å². The van der Waals surface area contributed by atoms with Gasteiger partial charge in [0.2, 0.25) is 5.91 Å². The van der Waals surface area contributed by atoms with Gasteiger partial charge in [-0.25, -0.2) is 15.3 Å². The molecule has 9 nitrogen and oxygen atoms in total. The Morgan fingerprint density at radius 1 is 1.09 bits per heavy atom. The molecule has 2 aromatic carbocycles. The van der Waals surface area contributed by atoms with Crippen molar-refractivity contribution >= 4 is 23.3 Å². The number of nitrogens with zero attached hydrogens (tertiary/aromatic N) is 2. The van der Waals surface area contributed by atoms with E-state index in [1.54, 1.807) is 5.06 Å². The molecule has 1 saturated heterocycles. The third kappa shape index (κ3) is 7.59. The summed E-state index contributed by atoms with van der Waals surface area (Å²) >= 11 is 0. The average Bonchev–Trinajstić information content (AvgIpc) is 3.69. The molecular weight excluding hydrogens is 542 g/mol. The van der Waals surface area contributed by atoms with Crippen LogP contribution in [0.4, 0.5) is 4.79 Å². The molecule has 2 heterocycles. The first kappa shape index (κ1) is 31.7. The minimum absolute atomic E-state index is 0.0785. The molecule has 2 amide bonds. The SMILES string of the molecule is C=C(N/C=C(/c1ccc(-c2ccc(C3=CN(C)ON3)cc2)cc1)C(C)CC)C1CCCN1C(=O)C(NC(=O)OC)C(C)C. The normalized spacial score (nSPS) is 18.2. The topological polar surface area (TPSA) is 95.2 Å². The van der Waals surface area contributed by atoms with Gasteiger partial charge in [0.25, 0.3) is 0 Å². The molecule has 2 aliphatic rings. The van der Waals surface area contributed by atoms with Gasteiger partial charge >= 0.3 is 6.09 Å². The molecule has 3 unspecified atom stereocenters. The summed E-state index contributed by atoms with van der Waals surface area (Å²) in [6.07, 6.45) is 6.01. The number of hydroxylamine groups is 3. The maximum atomic E-state index is 13.5. The number of nitrogens with one attached hydrogen (secondary N) is 3. The highest BCUT2D eigenvalue weighted by molar-refractivity contribution is 5.86. The van der Waals surface area contributed by atoms with Crippen LogP contribution in [0.2, 0.25) is 0 Å². The molecule has 1 fully saturated rings. The van der Waals surface area contributed by atoms with Crippen molar-refractivity contribution in [1.82, 2.24) is 26.1 Å². The molecule has 0 bridgehead atoms. The van der Waals surface area contributed by atoms with E-state index < -0.39 is 12.1 Å². The maximum absolute atomic E-state index is 13.5. The second kappa shape index (κ2) is 14.3. The number of allylic oxidation sites excluding steroid dienone is 1. The predicted octanol–water partition coefficient (Wildman–Crippen LogP) is 5.90. The van der Waals surface area contributed by atoms with Crippen LogP contribution in [-0.2, 0) is 14.5 Å². The van der Waals surface area contributed by atoms with Crippen LogP contribution in [0.15, 0.2) is 73.2 Å². The molecule has 4 rings (SSSR count). The first-order valence-electron chi connectivity index (χ1n) is 15.0. The van der Waals surface area contributed by atoms with E-state index in [9.17, 15) is 9.59 Å². The fourth-order valence-electron chi connectivity index (χ4n) is 5.45. The van der Waals surface area contributed by atoms with Crippen molar-refractivity contribution in [2.75, 3.05) is 20.7 Å². The van der Waals surface area contributed by atoms with Crippen molar-refractivity contribution in [3.8, 4) is 11.1 Å². The van der Waals surface area contributed by atoms with E-state index in [2.05, 4.69) is 85.1 Å². The molecule has 0 saturated carbocycles. The van der Waals surface area contributed by atoms with E-state index >= 15 is 0 Å². The molecule has 3 atom stereocenters. The summed E-state index contributed by atoms with van der Waals surface area (Å²) in [6, 6.07) is 16.2. The number of amides is 2. The zero-order valence-corrected chi connectivity index (χ0v) is 26.1. The van der Waals surface area contributed by atoms with Gasteiger partial charge in [-0.1, -0.05) is 82.8 Å². The summed E-state index contributed by atoms with van der Waals surface area (Å²) in [5, 5.41) is 7.77. The van der Waals surface area contributed by atoms with Crippen LogP contribution in [0.25, 0.3) is 22.4 Å². The number of alkyl carbamates (subject to hydrolysis) is 1. The maximum Gasteiger partial charge on any atom is 0.407 e. The van der Waals surface area contributed by atoms with E-state index in [0.29, 0.717) is 12.5 Å². The second-order valence-corrected chi connectivity index (χ2v) is 11.6. The Kier molecular flexibility index (Phi) is 10.5. The fourth-order valence-corrected chi connectivity index (χ4v) is 5.45. The minimum atomic E-state index is -0.658. The van der Waals surface area contributed by atoms with Crippen molar-refractivity contribution in [3.63, 3.8) is 0 Å². The number of hydrogen-bond donors (Lipinski definition) is 3. The number of likely N-dealkylation sites (tertiary alicyclic amines) is 1. The van der Waals surface area contributed by atoms with Gasteiger partial charge in [0.1, 0.15) is 6.04 Å². The van der Waals surface area contributed by atoms with Crippen molar-refractivity contribution in [1.29, 1.82) is 0 Å². The van der Waals surface area contributed by atoms with Crippen LogP contribution in [0, 0.1) is 11.8 Å². The number of benzene rings is 2. The Balaban J connectivity index is 1.47. The third-order valence-corrected chi connectivity index (χ3v) is 8.24. The second-order valence-electron chi connectivity index (χ2n) is 11.6. The molecule has 0 aromatic heterocycles. The largest absolute Gasteiger partial charge is 0.453 e. The number of hydrogen-bond acceptors (Lipinski definition) is 7. The Bertz CT molecular complexity index is 1350. The van der Waals surface area contributed by atoms with Crippen LogP contribution >= 0.6 is 0 Å². The summed E-state index contributed by atoms with van der Waals surface area (Å²) in [6.45, 7) is 13.2. The highest BCUT2D eigenvalue weighted by Crippen LogP contribution is 2.30. The molecule has 3 N–H and O–H groups in total. The number of methoxy groups -OCH3 is 1. The first-order chi connectivity index (χ1) is 20.6. The van der Waals surface area contributed by atoms with Gasteiger partial charge in [0.05, 0.1) is 25.0 Å². The van der Waals surface area contributed by atoms with E-state index in [4.69, 9.17) is 9.68 Å². The lowest BCUT2D eigenvalue weighted by Crippen LogP contribution is -2.53. The summed E-state index contributed by atoms with van der Waals surface area (Å²) in [7, 11) is 3.14. The monoisotopic (exact) mass is 587 g/mol. The molecular formula is C34H45N5O4. The molecule has 9 heteroatoms.